The van der Waals surface area contributed by atoms with Crippen LogP contribution in [0.25, 0.3) is 87.6 Å². The predicted molar refractivity (Wildman–Crippen MR) is 198 cm³/mol. The van der Waals surface area contributed by atoms with E-state index in [0.717, 1.165) is 0 Å². The van der Waals surface area contributed by atoms with Gasteiger partial charge in [-0.15, -0.1) is 0 Å². The summed E-state index contributed by atoms with van der Waals surface area (Å²) in [6.07, 6.45) is 0. The van der Waals surface area contributed by atoms with E-state index >= 15 is 0 Å². The summed E-state index contributed by atoms with van der Waals surface area (Å²) in [4.78, 5) is 0. The van der Waals surface area contributed by atoms with Crippen molar-refractivity contribution in [2.45, 2.75) is 0 Å². The van der Waals surface area contributed by atoms with E-state index < -0.39 is 0 Å². The Kier molecular flexibility index (Phi) is 6.25. The second-order valence-electron chi connectivity index (χ2n) is 12.1. The number of fused-ring (bicyclic) bond motifs is 5. The molecule has 0 N–H and O–H groups in total. The van der Waals surface area contributed by atoms with Crippen molar-refractivity contribution in [2.24, 2.45) is 0 Å². The maximum Gasteiger partial charge on any atom is -0.00197 e. The fourth-order valence-corrected chi connectivity index (χ4v) is 7.34. The molecule has 0 saturated heterocycles. The smallest absolute Gasteiger partial charge is 0.00197 e. The van der Waals surface area contributed by atoms with Crippen LogP contribution in [0.4, 0.5) is 0 Å². The van der Waals surface area contributed by atoms with Gasteiger partial charge in [-0.25, -0.2) is 0 Å². The molecule has 0 heterocycles. The molecule has 0 spiro atoms. The zero-order chi connectivity index (χ0) is 30.5. The summed E-state index contributed by atoms with van der Waals surface area (Å²) in [5, 5.41) is 10.2. The normalized spacial score (nSPS) is 11.5. The van der Waals surface area contributed by atoms with Crippen LogP contribution in [0.1, 0.15) is 0 Å². The second kappa shape index (κ2) is 10.9. The van der Waals surface area contributed by atoms with E-state index in [4.69, 9.17) is 0 Å². The lowest BCUT2D eigenvalue weighted by molar-refractivity contribution is 1.61. The first-order valence-corrected chi connectivity index (χ1v) is 15.9. The Morgan fingerprint density at radius 2 is 0.717 bits per heavy atom. The Morgan fingerprint density at radius 1 is 0.217 bits per heavy atom. The average Bonchev–Trinajstić information content (AvgIpc) is 3.14. The van der Waals surface area contributed by atoms with E-state index in [1.807, 2.05) is 0 Å². The van der Waals surface area contributed by atoms with Gasteiger partial charge in [0.05, 0.1) is 0 Å². The molecular formula is C46H30. The van der Waals surface area contributed by atoms with Crippen molar-refractivity contribution in [3.8, 4) is 44.5 Å². The summed E-state index contributed by atoms with van der Waals surface area (Å²) in [6.45, 7) is 0. The van der Waals surface area contributed by atoms with Crippen molar-refractivity contribution < 1.29 is 0 Å². The minimum atomic E-state index is 1.22. The van der Waals surface area contributed by atoms with E-state index in [0.29, 0.717) is 0 Å². The fourth-order valence-electron chi connectivity index (χ4n) is 7.34. The van der Waals surface area contributed by atoms with Crippen LogP contribution in [0.5, 0.6) is 0 Å². The van der Waals surface area contributed by atoms with Crippen LogP contribution in [0.15, 0.2) is 182 Å². The summed E-state index contributed by atoms with van der Waals surface area (Å²) in [5.74, 6) is 0. The third kappa shape index (κ3) is 4.30. The van der Waals surface area contributed by atoms with Crippen molar-refractivity contribution in [3.63, 3.8) is 0 Å². The van der Waals surface area contributed by atoms with Crippen LogP contribution in [-0.2, 0) is 0 Å². The van der Waals surface area contributed by atoms with E-state index in [-0.39, 0.29) is 0 Å². The molecule has 9 aromatic carbocycles. The summed E-state index contributed by atoms with van der Waals surface area (Å²) >= 11 is 0. The van der Waals surface area contributed by atoms with Gasteiger partial charge in [0.2, 0.25) is 0 Å². The Bertz CT molecular complexity index is 2560. The summed E-state index contributed by atoms with van der Waals surface area (Å²) < 4.78 is 0. The average molecular weight is 583 g/mol. The Morgan fingerprint density at radius 3 is 1.43 bits per heavy atom. The van der Waals surface area contributed by atoms with Crippen LogP contribution in [-0.4, -0.2) is 0 Å². The van der Waals surface area contributed by atoms with E-state index in [1.165, 1.54) is 87.6 Å². The number of hydrogen-bond donors (Lipinski definition) is 0. The first kappa shape index (κ1) is 26.4. The van der Waals surface area contributed by atoms with Gasteiger partial charge in [0.1, 0.15) is 0 Å². The highest BCUT2D eigenvalue weighted by Crippen LogP contribution is 2.47. The molecule has 0 radical (unpaired) electrons. The highest BCUT2D eigenvalue weighted by Gasteiger charge is 2.20. The molecule has 0 nitrogen and oxygen atoms in total. The van der Waals surface area contributed by atoms with Gasteiger partial charge in [-0.1, -0.05) is 164 Å². The topological polar surface area (TPSA) is 0 Å². The van der Waals surface area contributed by atoms with Gasteiger partial charge < -0.3 is 0 Å². The molecule has 0 aliphatic rings. The largest absolute Gasteiger partial charge is 0.0622 e. The lowest BCUT2D eigenvalue weighted by Gasteiger charge is -2.20. The summed E-state index contributed by atoms with van der Waals surface area (Å²) in [6, 6.07) is 66.6. The first-order chi connectivity index (χ1) is 22.8. The molecule has 9 rings (SSSR count). The van der Waals surface area contributed by atoms with Crippen LogP contribution in [0, 0.1) is 0 Å². The maximum absolute atomic E-state index is 2.42. The molecule has 0 atom stereocenters. The molecule has 0 aromatic heterocycles. The van der Waals surface area contributed by atoms with Crippen LogP contribution in [0.3, 0.4) is 0 Å². The molecule has 46 heavy (non-hydrogen) atoms. The molecule has 0 saturated carbocycles. The Labute approximate surface area is 268 Å². The molecule has 9 aromatic rings. The highest BCUT2D eigenvalue weighted by molar-refractivity contribution is 6.26. The lowest BCUT2D eigenvalue weighted by Crippen LogP contribution is -1.93. The zero-order valence-electron chi connectivity index (χ0n) is 25.3. The van der Waals surface area contributed by atoms with Gasteiger partial charge in [-0.3, -0.25) is 0 Å². The number of benzene rings is 9. The zero-order valence-corrected chi connectivity index (χ0v) is 25.3. The van der Waals surface area contributed by atoms with Gasteiger partial charge in [0, 0.05) is 0 Å². The standard InChI is InChI=1S/C46H30/c1-3-14-31(15-4-1)33-19-13-20-36(28-33)45-40-24-11-12-25-41(40)46(44-29-34(26-27-42(44)45)32-16-5-2-6-17-32)43-30-35-18-7-8-21-37(35)38-22-9-10-23-39(38)43/h1-30H. The fraction of sp³-hybridized carbons (Fsp3) is 0. The maximum atomic E-state index is 2.42. The van der Waals surface area contributed by atoms with Crippen molar-refractivity contribution in [3.05, 3.63) is 182 Å². The number of hydrogen-bond acceptors (Lipinski definition) is 0. The van der Waals surface area contributed by atoms with Crippen LogP contribution in [0.2, 0.25) is 0 Å². The van der Waals surface area contributed by atoms with Crippen LogP contribution < -0.4 is 0 Å². The second-order valence-corrected chi connectivity index (χ2v) is 12.1. The van der Waals surface area contributed by atoms with Crippen LogP contribution >= 0.6 is 0 Å². The third-order valence-electron chi connectivity index (χ3n) is 9.43. The first-order valence-electron chi connectivity index (χ1n) is 15.9. The molecule has 0 aliphatic heterocycles. The third-order valence-corrected chi connectivity index (χ3v) is 9.43. The highest BCUT2D eigenvalue weighted by atomic mass is 14.2. The van der Waals surface area contributed by atoms with E-state index in [1.54, 1.807) is 0 Å². The van der Waals surface area contributed by atoms with Crippen molar-refractivity contribution in [1.29, 1.82) is 0 Å². The Hall–Kier alpha value is -5.98. The van der Waals surface area contributed by atoms with Gasteiger partial charge >= 0.3 is 0 Å². The van der Waals surface area contributed by atoms with Crippen molar-refractivity contribution >= 4 is 43.1 Å². The predicted octanol–water partition coefficient (Wildman–Crippen LogP) is 13.0. The van der Waals surface area contributed by atoms with Gasteiger partial charge in [-0.2, -0.15) is 0 Å². The minimum absolute atomic E-state index is 1.22. The molecule has 0 fully saturated rings. The molecule has 0 aliphatic carbocycles. The van der Waals surface area contributed by atoms with Gasteiger partial charge in [0.15, 0.2) is 0 Å². The number of rotatable bonds is 4. The van der Waals surface area contributed by atoms with E-state index in [2.05, 4.69) is 182 Å². The molecule has 0 unspecified atom stereocenters. The molecule has 214 valence electrons. The molecular weight excluding hydrogens is 553 g/mol. The van der Waals surface area contributed by atoms with Crippen molar-refractivity contribution in [1.82, 2.24) is 0 Å². The minimum Gasteiger partial charge on any atom is -0.0622 e. The summed E-state index contributed by atoms with van der Waals surface area (Å²) in [7, 11) is 0. The monoisotopic (exact) mass is 582 g/mol. The molecule has 0 heteroatoms. The van der Waals surface area contributed by atoms with Gasteiger partial charge in [-0.05, 0) is 106 Å². The van der Waals surface area contributed by atoms with Gasteiger partial charge in [0.25, 0.3) is 0 Å². The van der Waals surface area contributed by atoms with E-state index in [9.17, 15) is 0 Å². The molecule has 0 amide bonds. The Balaban J connectivity index is 1.44. The quantitative estimate of drug-likeness (QED) is 0.143. The SMILES string of the molecule is c1ccc(-c2cccc(-c3c4ccccc4c(-c4cc5ccccc5c5ccccc45)c4cc(-c5ccccc5)ccc34)c2)cc1. The lowest BCUT2D eigenvalue weighted by atomic mass is 9.82. The summed E-state index contributed by atoms with van der Waals surface area (Å²) in [5.41, 5.74) is 9.95. The van der Waals surface area contributed by atoms with Crippen molar-refractivity contribution in [2.75, 3.05) is 0 Å². The molecule has 0 bridgehead atoms.